The third-order valence-corrected chi connectivity index (χ3v) is 3.04. The molecule has 1 saturated heterocycles. The lowest BCUT2D eigenvalue weighted by Crippen LogP contribution is -2.38. The molecule has 1 heterocycles. The summed E-state index contributed by atoms with van der Waals surface area (Å²) in [5.74, 6) is -0.800. The van der Waals surface area contributed by atoms with E-state index in [9.17, 15) is 14.0 Å². The molecule has 6 N–H and O–H groups in total. The van der Waals surface area contributed by atoms with Crippen LogP contribution in [0.25, 0.3) is 0 Å². The number of hydrogen-bond donors (Lipinski definition) is 4. The quantitative estimate of drug-likeness (QED) is 0.563. The van der Waals surface area contributed by atoms with Crippen molar-refractivity contribution in [2.24, 2.45) is 11.5 Å². The van der Waals surface area contributed by atoms with Crippen LogP contribution in [0.4, 0.5) is 20.6 Å². The molecule has 0 aliphatic carbocycles. The number of cyclic esters (lactones) is 1. The number of benzene rings is 1. The predicted molar refractivity (Wildman–Crippen MR) is 78.5 cm³/mol. The zero-order valence-electron chi connectivity index (χ0n) is 12.0. The predicted octanol–water partition coefficient (Wildman–Crippen LogP) is -0.100. The number of halogens is 1. The lowest BCUT2D eigenvalue weighted by Gasteiger charge is -2.16. The molecule has 0 aromatic heterocycles. The van der Waals surface area contributed by atoms with Crippen LogP contribution in [0.1, 0.15) is 6.92 Å². The number of nitrogens with zero attached hydrogens (tertiary/aromatic N) is 1. The summed E-state index contributed by atoms with van der Waals surface area (Å²) < 4.78 is 19.0. The Kier molecular flexibility index (Phi) is 4.78. The second kappa shape index (κ2) is 6.58. The topological polar surface area (TPSA) is 123 Å². The molecule has 1 atom stereocenters. The number of amides is 2. The van der Waals surface area contributed by atoms with Crippen molar-refractivity contribution in [3.63, 3.8) is 0 Å². The van der Waals surface area contributed by atoms with Gasteiger partial charge < -0.3 is 15.4 Å². The zero-order valence-corrected chi connectivity index (χ0v) is 12.0. The Hall–Kier alpha value is -2.39. The van der Waals surface area contributed by atoms with Crippen LogP contribution in [0.5, 0.6) is 0 Å². The zero-order chi connectivity index (χ0) is 16.3. The monoisotopic (exact) mass is 311 g/mol. The molecule has 2 amide bonds. The standard InChI is InChI=1S/C13H18FN5O3/c1-7(20)17-5-9-6-19(13(21)22-9)8-2-3-11(10(14)4-8)18-12(15)16/h2-4,9,12,18H,5-6,15-16H2,1H3,(H,17,20)/t9-/m0/s1. The van der Waals surface area contributed by atoms with Crippen molar-refractivity contribution in [1.29, 1.82) is 0 Å². The van der Waals surface area contributed by atoms with Gasteiger partial charge in [0.05, 0.1) is 24.5 Å². The van der Waals surface area contributed by atoms with E-state index >= 15 is 0 Å². The fraction of sp³-hybridized carbons (Fsp3) is 0.385. The maximum Gasteiger partial charge on any atom is 0.414 e. The molecule has 120 valence electrons. The SMILES string of the molecule is CC(=O)NC[C@H]1CN(c2ccc(NC(N)N)c(F)c2)C(=O)O1. The number of anilines is 2. The molecule has 0 saturated carbocycles. The molecule has 9 heteroatoms. The molecule has 8 nitrogen and oxygen atoms in total. The number of rotatable bonds is 5. The third-order valence-electron chi connectivity index (χ3n) is 3.04. The highest BCUT2D eigenvalue weighted by molar-refractivity contribution is 5.90. The second-order valence-corrected chi connectivity index (χ2v) is 4.89. The molecule has 1 fully saturated rings. The van der Waals surface area contributed by atoms with E-state index in [-0.39, 0.29) is 24.7 Å². The summed E-state index contributed by atoms with van der Waals surface area (Å²) in [7, 11) is 0. The van der Waals surface area contributed by atoms with Crippen LogP contribution >= 0.6 is 0 Å². The van der Waals surface area contributed by atoms with Gasteiger partial charge in [0.2, 0.25) is 5.91 Å². The van der Waals surface area contributed by atoms with Gasteiger partial charge in [0.15, 0.2) is 0 Å². The number of carbonyl (C=O) groups is 2. The van der Waals surface area contributed by atoms with Crippen molar-refractivity contribution >= 4 is 23.4 Å². The number of hydrogen-bond acceptors (Lipinski definition) is 6. The fourth-order valence-corrected chi connectivity index (χ4v) is 2.06. The van der Waals surface area contributed by atoms with Crippen molar-refractivity contribution in [2.75, 3.05) is 23.3 Å². The van der Waals surface area contributed by atoms with E-state index in [0.29, 0.717) is 5.69 Å². The summed E-state index contributed by atoms with van der Waals surface area (Å²) in [6.45, 7) is 1.81. The van der Waals surface area contributed by atoms with Gasteiger partial charge in [-0.15, -0.1) is 0 Å². The molecule has 1 aliphatic rings. The summed E-state index contributed by atoms with van der Waals surface area (Å²) in [6, 6.07) is 4.18. The Labute approximate surface area is 126 Å². The van der Waals surface area contributed by atoms with E-state index in [1.807, 2.05) is 0 Å². The number of carbonyl (C=O) groups excluding carboxylic acids is 2. The van der Waals surface area contributed by atoms with Gasteiger partial charge in [-0.05, 0) is 18.2 Å². The Bertz CT molecular complexity index is 581. The molecule has 0 bridgehead atoms. The molecule has 1 aliphatic heterocycles. The molecule has 1 aromatic rings. The lowest BCUT2D eigenvalue weighted by molar-refractivity contribution is -0.119. The maximum absolute atomic E-state index is 13.9. The summed E-state index contributed by atoms with van der Waals surface area (Å²) >= 11 is 0. The molecule has 22 heavy (non-hydrogen) atoms. The Morgan fingerprint density at radius 2 is 2.27 bits per heavy atom. The van der Waals surface area contributed by atoms with Crippen LogP contribution in [-0.4, -0.2) is 37.5 Å². The first-order valence-electron chi connectivity index (χ1n) is 6.66. The minimum absolute atomic E-state index is 0.140. The molecular weight excluding hydrogens is 293 g/mol. The summed E-state index contributed by atoms with van der Waals surface area (Å²) in [6.07, 6.45) is -1.96. The van der Waals surface area contributed by atoms with Crippen molar-refractivity contribution in [1.82, 2.24) is 5.32 Å². The van der Waals surface area contributed by atoms with Gasteiger partial charge >= 0.3 is 6.09 Å². The summed E-state index contributed by atoms with van der Waals surface area (Å²) in [5.41, 5.74) is 11.2. The Morgan fingerprint density at radius 3 is 2.86 bits per heavy atom. The normalized spacial score (nSPS) is 17.6. The first-order valence-corrected chi connectivity index (χ1v) is 6.66. The van der Waals surface area contributed by atoms with E-state index < -0.39 is 24.3 Å². The van der Waals surface area contributed by atoms with Gasteiger partial charge in [-0.1, -0.05) is 0 Å². The summed E-state index contributed by atoms with van der Waals surface area (Å²) in [4.78, 5) is 24.0. The van der Waals surface area contributed by atoms with E-state index in [4.69, 9.17) is 16.2 Å². The highest BCUT2D eigenvalue weighted by Crippen LogP contribution is 2.25. The highest BCUT2D eigenvalue weighted by Gasteiger charge is 2.32. The van der Waals surface area contributed by atoms with Crippen LogP contribution in [0.15, 0.2) is 18.2 Å². The van der Waals surface area contributed by atoms with Crippen LogP contribution < -0.4 is 27.0 Å². The third kappa shape index (κ3) is 3.83. The van der Waals surface area contributed by atoms with Gasteiger partial charge in [0.1, 0.15) is 18.2 Å². The molecule has 0 radical (unpaired) electrons. The molecule has 1 aromatic carbocycles. The largest absolute Gasteiger partial charge is 0.442 e. The molecule has 0 unspecified atom stereocenters. The van der Waals surface area contributed by atoms with Crippen LogP contribution in [0.2, 0.25) is 0 Å². The molecular formula is C13H18FN5O3. The summed E-state index contributed by atoms with van der Waals surface area (Å²) in [5, 5.41) is 5.11. The lowest BCUT2D eigenvalue weighted by atomic mass is 10.2. The van der Waals surface area contributed by atoms with Gasteiger partial charge in [0, 0.05) is 6.92 Å². The van der Waals surface area contributed by atoms with Crippen LogP contribution in [0, 0.1) is 5.82 Å². The average molecular weight is 311 g/mol. The molecule has 0 spiro atoms. The van der Waals surface area contributed by atoms with Gasteiger partial charge in [-0.2, -0.15) is 0 Å². The average Bonchev–Trinajstić information content (AvgIpc) is 2.79. The number of ether oxygens (including phenoxy) is 1. The highest BCUT2D eigenvalue weighted by atomic mass is 19.1. The molecule has 2 rings (SSSR count). The minimum Gasteiger partial charge on any atom is -0.442 e. The van der Waals surface area contributed by atoms with Crippen molar-refractivity contribution in [3.05, 3.63) is 24.0 Å². The van der Waals surface area contributed by atoms with Crippen LogP contribution in [0.3, 0.4) is 0 Å². The van der Waals surface area contributed by atoms with Crippen molar-refractivity contribution in [3.8, 4) is 0 Å². The van der Waals surface area contributed by atoms with E-state index in [2.05, 4.69) is 10.6 Å². The van der Waals surface area contributed by atoms with Gasteiger partial charge in [-0.3, -0.25) is 21.2 Å². The number of nitrogens with two attached hydrogens (primary N) is 2. The first kappa shape index (κ1) is 16.0. The minimum atomic E-state index is -0.890. The Balaban J connectivity index is 2.07. The van der Waals surface area contributed by atoms with E-state index in [1.165, 1.54) is 24.0 Å². The second-order valence-electron chi connectivity index (χ2n) is 4.89. The van der Waals surface area contributed by atoms with Crippen LogP contribution in [-0.2, 0) is 9.53 Å². The van der Waals surface area contributed by atoms with Gasteiger partial charge in [-0.25, -0.2) is 9.18 Å². The first-order chi connectivity index (χ1) is 10.4. The van der Waals surface area contributed by atoms with Crippen molar-refractivity contribution < 1.29 is 18.7 Å². The maximum atomic E-state index is 13.9. The fourth-order valence-electron chi connectivity index (χ4n) is 2.06. The van der Waals surface area contributed by atoms with Crippen molar-refractivity contribution in [2.45, 2.75) is 19.3 Å². The van der Waals surface area contributed by atoms with E-state index in [1.54, 1.807) is 6.07 Å². The Morgan fingerprint density at radius 1 is 1.55 bits per heavy atom. The van der Waals surface area contributed by atoms with Gasteiger partial charge in [0.25, 0.3) is 0 Å². The van der Waals surface area contributed by atoms with E-state index in [0.717, 1.165) is 0 Å². The smallest absolute Gasteiger partial charge is 0.414 e. The number of nitrogens with one attached hydrogen (secondary N) is 2.